The Bertz CT molecular complexity index is 595. The van der Waals surface area contributed by atoms with Gasteiger partial charge in [-0.1, -0.05) is 12.1 Å². The first-order valence-electron chi connectivity index (χ1n) is 8.19. The molecule has 24 heavy (non-hydrogen) atoms. The number of esters is 1. The number of carbonyl (C=O) groups excluding carboxylic acids is 2. The number of hydrogen-bond donors (Lipinski definition) is 1. The summed E-state index contributed by atoms with van der Waals surface area (Å²) < 4.78 is 18.6. The van der Waals surface area contributed by atoms with Gasteiger partial charge in [-0.15, -0.1) is 0 Å². The zero-order valence-electron chi connectivity index (χ0n) is 14.4. The van der Waals surface area contributed by atoms with Crippen LogP contribution in [0.15, 0.2) is 24.3 Å². The highest BCUT2D eigenvalue weighted by Crippen LogP contribution is 2.28. The summed E-state index contributed by atoms with van der Waals surface area (Å²) in [5.41, 5.74) is 5.66. The highest BCUT2D eigenvalue weighted by molar-refractivity contribution is 5.81. The molecule has 1 amide bonds. The maximum Gasteiger partial charge on any atom is 0.310 e. The van der Waals surface area contributed by atoms with Gasteiger partial charge in [-0.3, -0.25) is 14.5 Å². The number of ether oxygens (including phenoxy) is 1. The van der Waals surface area contributed by atoms with Crippen LogP contribution in [0.25, 0.3) is 0 Å². The first-order valence-corrected chi connectivity index (χ1v) is 8.19. The van der Waals surface area contributed by atoms with Gasteiger partial charge >= 0.3 is 5.97 Å². The highest BCUT2D eigenvalue weighted by atomic mass is 19.1. The van der Waals surface area contributed by atoms with Crippen molar-refractivity contribution in [3.8, 4) is 0 Å². The summed E-state index contributed by atoms with van der Waals surface area (Å²) in [5.74, 6) is -1.42. The van der Waals surface area contributed by atoms with Crippen molar-refractivity contribution in [2.45, 2.75) is 45.3 Å². The van der Waals surface area contributed by atoms with Gasteiger partial charge in [0.2, 0.25) is 5.91 Å². The van der Waals surface area contributed by atoms with Gasteiger partial charge in [-0.25, -0.2) is 4.39 Å². The lowest BCUT2D eigenvalue weighted by Crippen LogP contribution is -2.46. The van der Waals surface area contributed by atoms with Gasteiger partial charge in [-0.05, 0) is 57.9 Å². The second-order valence-electron chi connectivity index (χ2n) is 7.22. The minimum Gasteiger partial charge on any atom is -0.460 e. The van der Waals surface area contributed by atoms with E-state index < -0.39 is 17.6 Å². The molecule has 0 aromatic heterocycles. The zero-order chi connectivity index (χ0) is 17.9. The van der Waals surface area contributed by atoms with Gasteiger partial charge < -0.3 is 10.5 Å². The van der Waals surface area contributed by atoms with Crippen LogP contribution >= 0.6 is 0 Å². The monoisotopic (exact) mass is 336 g/mol. The number of halogens is 1. The fourth-order valence-corrected chi connectivity index (χ4v) is 3.02. The van der Waals surface area contributed by atoms with E-state index in [9.17, 15) is 14.0 Å². The number of primary amides is 1. The molecule has 2 N–H and O–H groups in total. The molecule has 5 nitrogen and oxygen atoms in total. The summed E-state index contributed by atoms with van der Waals surface area (Å²) in [6, 6.07) is 5.06. The van der Waals surface area contributed by atoms with Gasteiger partial charge in [0.1, 0.15) is 17.5 Å². The summed E-state index contributed by atoms with van der Waals surface area (Å²) in [6.45, 7) is 6.55. The number of rotatable bonds is 4. The quantitative estimate of drug-likeness (QED) is 0.857. The fraction of sp³-hybridized carbons (Fsp3) is 0.556. The van der Waals surface area contributed by atoms with E-state index in [4.69, 9.17) is 10.5 Å². The molecule has 0 bridgehead atoms. The molecule has 1 heterocycles. The number of nitrogens with zero attached hydrogens (tertiary/aromatic N) is 1. The van der Waals surface area contributed by atoms with Crippen molar-refractivity contribution < 1.29 is 18.7 Å². The van der Waals surface area contributed by atoms with E-state index in [2.05, 4.69) is 0 Å². The van der Waals surface area contributed by atoms with Crippen molar-refractivity contribution in [3.63, 3.8) is 0 Å². The number of likely N-dealkylation sites (tertiary alicyclic amines) is 1. The lowest BCUT2D eigenvalue weighted by molar-refractivity contribution is -0.162. The zero-order valence-corrected chi connectivity index (χ0v) is 14.4. The molecule has 1 aromatic rings. The summed E-state index contributed by atoms with van der Waals surface area (Å²) >= 11 is 0. The number of nitrogens with two attached hydrogens (primary N) is 1. The number of hydrogen-bond acceptors (Lipinski definition) is 4. The molecule has 2 atom stereocenters. The predicted molar refractivity (Wildman–Crippen MR) is 88.5 cm³/mol. The van der Waals surface area contributed by atoms with Crippen LogP contribution < -0.4 is 5.73 Å². The average molecular weight is 336 g/mol. The van der Waals surface area contributed by atoms with Crippen LogP contribution in [0.1, 0.15) is 45.2 Å². The normalized spacial score (nSPS) is 20.4. The SMILES string of the molecule is CC(C)(C)OC(=O)[C@@H]1CCCN([C@H](C(N)=O)c2ccc(F)cc2)C1. The summed E-state index contributed by atoms with van der Waals surface area (Å²) in [4.78, 5) is 26.2. The van der Waals surface area contributed by atoms with Crippen LogP contribution in [0.2, 0.25) is 0 Å². The molecular weight excluding hydrogens is 311 g/mol. The van der Waals surface area contributed by atoms with Gasteiger partial charge in [0.15, 0.2) is 0 Å². The van der Waals surface area contributed by atoms with Crippen molar-refractivity contribution >= 4 is 11.9 Å². The highest BCUT2D eigenvalue weighted by Gasteiger charge is 2.35. The van der Waals surface area contributed by atoms with Crippen LogP contribution in [-0.4, -0.2) is 35.5 Å². The third kappa shape index (κ3) is 4.77. The van der Waals surface area contributed by atoms with Crippen molar-refractivity contribution in [1.82, 2.24) is 4.90 Å². The Hall–Kier alpha value is -1.95. The average Bonchev–Trinajstić information content (AvgIpc) is 2.48. The molecule has 0 aliphatic carbocycles. The number of amides is 1. The van der Waals surface area contributed by atoms with E-state index in [0.717, 1.165) is 12.8 Å². The molecule has 1 fully saturated rings. The molecule has 1 saturated heterocycles. The lowest BCUT2D eigenvalue weighted by Gasteiger charge is -2.37. The molecule has 132 valence electrons. The molecular formula is C18H25FN2O3. The Morgan fingerprint density at radius 3 is 2.46 bits per heavy atom. The van der Waals surface area contributed by atoms with Gasteiger partial charge in [-0.2, -0.15) is 0 Å². The Balaban J connectivity index is 2.14. The smallest absolute Gasteiger partial charge is 0.310 e. The minimum absolute atomic E-state index is 0.255. The van der Waals surface area contributed by atoms with E-state index in [1.54, 1.807) is 12.1 Å². The topological polar surface area (TPSA) is 72.6 Å². The van der Waals surface area contributed by atoms with Crippen molar-refractivity contribution in [1.29, 1.82) is 0 Å². The van der Waals surface area contributed by atoms with Crippen LogP contribution in [0.5, 0.6) is 0 Å². The largest absolute Gasteiger partial charge is 0.460 e. The van der Waals surface area contributed by atoms with E-state index in [1.807, 2.05) is 25.7 Å². The third-order valence-electron chi connectivity index (χ3n) is 4.01. The molecule has 1 aliphatic rings. The first-order chi connectivity index (χ1) is 11.2. The number of piperidine rings is 1. The maximum absolute atomic E-state index is 13.1. The molecule has 0 spiro atoms. The van der Waals surface area contributed by atoms with E-state index >= 15 is 0 Å². The minimum atomic E-state index is -0.671. The van der Waals surface area contributed by atoms with Gasteiger partial charge in [0.05, 0.1) is 5.92 Å². The van der Waals surface area contributed by atoms with E-state index in [0.29, 0.717) is 18.7 Å². The molecule has 1 aliphatic heterocycles. The first kappa shape index (κ1) is 18.4. The maximum atomic E-state index is 13.1. The van der Waals surface area contributed by atoms with Crippen LogP contribution in [0, 0.1) is 11.7 Å². The number of carbonyl (C=O) groups is 2. The Morgan fingerprint density at radius 1 is 1.29 bits per heavy atom. The Labute approximate surface area is 142 Å². The molecule has 0 unspecified atom stereocenters. The predicted octanol–water partition coefficient (Wildman–Crippen LogP) is 2.41. The van der Waals surface area contributed by atoms with Crippen molar-refractivity contribution in [3.05, 3.63) is 35.6 Å². The molecule has 0 saturated carbocycles. The van der Waals surface area contributed by atoms with Crippen LogP contribution in [0.4, 0.5) is 4.39 Å². The Morgan fingerprint density at radius 2 is 1.92 bits per heavy atom. The fourth-order valence-electron chi connectivity index (χ4n) is 3.02. The summed E-state index contributed by atoms with van der Waals surface area (Å²) in [6.07, 6.45) is 1.50. The van der Waals surface area contributed by atoms with Crippen LogP contribution in [0.3, 0.4) is 0 Å². The van der Waals surface area contributed by atoms with Gasteiger partial charge in [0.25, 0.3) is 0 Å². The number of benzene rings is 1. The van der Waals surface area contributed by atoms with Crippen LogP contribution in [-0.2, 0) is 14.3 Å². The second-order valence-corrected chi connectivity index (χ2v) is 7.22. The lowest BCUT2D eigenvalue weighted by atomic mass is 9.94. The van der Waals surface area contributed by atoms with E-state index in [-0.39, 0.29) is 17.7 Å². The van der Waals surface area contributed by atoms with Crippen molar-refractivity contribution in [2.75, 3.05) is 13.1 Å². The molecule has 1 aromatic carbocycles. The molecule has 0 radical (unpaired) electrons. The summed E-state index contributed by atoms with van der Waals surface area (Å²) in [5, 5.41) is 0. The molecule has 6 heteroatoms. The standard InChI is InChI=1S/C18H25FN2O3/c1-18(2,3)24-17(23)13-5-4-10-21(11-13)15(16(20)22)12-6-8-14(19)9-7-12/h6-9,13,15H,4-5,10-11H2,1-3H3,(H2,20,22)/t13-,15+/m1/s1. The molecule has 2 rings (SSSR count). The summed E-state index contributed by atoms with van der Waals surface area (Å²) in [7, 11) is 0. The Kier molecular flexibility index (Phi) is 5.59. The van der Waals surface area contributed by atoms with E-state index in [1.165, 1.54) is 12.1 Å². The third-order valence-corrected chi connectivity index (χ3v) is 4.01. The second kappa shape index (κ2) is 7.30. The van der Waals surface area contributed by atoms with Gasteiger partial charge in [0, 0.05) is 6.54 Å². The van der Waals surface area contributed by atoms with Crippen molar-refractivity contribution in [2.24, 2.45) is 11.7 Å².